The molecule has 2 fully saturated rings. The first-order chi connectivity index (χ1) is 10.8. The van der Waals surface area contributed by atoms with Crippen molar-refractivity contribution < 1.29 is 13.7 Å². The van der Waals surface area contributed by atoms with Crippen molar-refractivity contribution in [2.75, 3.05) is 13.1 Å². The van der Waals surface area contributed by atoms with Crippen molar-refractivity contribution in [3.8, 4) is 11.5 Å². The number of carbonyl (C=O) groups excluding carboxylic acids is 1. The minimum Gasteiger partial charge on any atom is -0.461 e. The highest BCUT2D eigenvalue weighted by Crippen LogP contribution is 2.27. The van der Waals surface area contributed by atoms with E-state index in [9.17, 15) is 4.79 Å². The van der Waals surface area contributed by atoms with Gasteiger partial charge >= 0.3 is 0 Å². The molecule has 1 N–H and O–H groups in total. The smallest absolute Gasteiger partial charge is 0.273 e. The zero-order chi connectivity index (χ0) is 14.9. The molecule has 2 aromatic heterocycles. The molecule has 0 aliphatic carbocycles. The molecular formula is C16H19N3O3. The molecular weight excluding hydrogens is 282 g/mol. The van der Waals surface area contributed by atoms with E-state index in [1.807, 2.05) is 0 Å². The lowest BCUT2D eigenvalue weighted by molar-refractivity contribution is 0.0906. The highest BCUT2D eigenvalue weighted by atomic mass is 16.5. The predicted octanol–water partition coefficient (Wildman–Crippen LogP) is 2.29. The summed E-state index contributed by atoms with van der Waals surface area (Å²) >= 11 is 0. The first kappa shape index (κ1) is 13.6. The van der Waals surface area contributed by atoms with Gasteiger partial charge < -0.3 is 14.3 Å². The van der Waals surface area contributed by atoms with Crippen LogP contribution in [0, 0.1) is 0 Å². The van der Waals surface area contributed by atoms with Gasteiger partial charge in [0.2, 0.25) is 5.76 Å². The van der Waals surface area contributed by atoms with Crippen LogP contribution in [0.1, 0.15) is 36.2 Å². The maximum atomic E-state index is 12.4. The second kappa shape index (κ2) is 5.61. The van der Waals surface area contributed by atoms with Crippen molar-refractivity contribution in [3.05, 3.63) is 30.2 Å². The Bertz CT molecular complexity index is 649. The summed E-state index contributed by atoms with van der Waals surface area (Å²) in [6.45, 7) is 2.23. The largest absolute Gasteiger partial charge is 0.461 e. The summed E-state index contributed by atoms with van der Waals surface area (Å²) in [4.78, 5) is 14.9. The Labute approximate surface area is 128 Å². The highest BCUT2D eigenvalue weighted by Gasteiger charge is 2.36. The van der Waals surface area contributed by atoms with Crippen LogP contribution in [0.2, 0.25) is 0 Å². The van der Waals surface area contributed by atoms with Gasteiger partial charge in [0.1, 0.15) is 0 Å². The first-order valence-electron chi connectivity index (χ1n) is 7.87. The summed E-state index contributed by atoms with van der Waals surface area (Å²) in [7, 11) is 0. The molecule has 2 aliphatic rings. The molecule has 2 aliphatic heterocycles. The van der Waals surface area contributed by atoms with Crippen LogP contribution in [0.3, 0.4) is 0 Å². The van der Waals surface area contributed by atoms with E-state index in [1.54, 1.807) is 24.5 Å². The Morgan fingerprint density at radius 2 is 2.23 bits per heavy atom. The third-order valence-corrected chi connectivity index (χ3v) is 4.68. The number of hydrogen-bond donors (Lipinski definition) is 1. The number of piperidine rings is 1. The summed E-state index contributed by atoms with van der Waals surface area (Å²) in [6.07, 6.45) is 6.27. The third kappa shape index (κ3) is 2.43. The van der Waals surface area contributed by atoms with E-state index in [4.69, 9.17) is 8.94 Å². The fraction of sp³-hybridized carbons (Fsp3) is 0.500. The number of nitrogens with one attached hydrogen (secondary N) is 1. The van der Waals surface area contributed by atoms with Crippen molar-refractivity contribution in [2.45, 2.75) is 37.8 Å². The molecule has 0 radical (unpaired) electrons. The Morgan fingerprint density at radius 1 is 1.27 bits per heavy atom. The molecule has 2 aromatic rings. The van der Waals surface area contributed by atoms with Gasteiger partial charge in [-0.1, -0.05) is 11.6 Å². The van der Waals surface area contributed by atoms with Gasteiger partial charge in [-0.25, -0.2) is 0 Å². The molecule has 0 aromatic carbocycles. The summed E-state index contributed by atoms with van der Waals surface area (Å²) in [5.41, 5.74) is 0.306. The topological polar surface area (TPSA) is 71.5 Å². The number of nitrogens with zero attached hydrogens (tertiary/aromatic N) is 2. The normalized spacial score (nSPS) is 25.1. The molecule has 2 saturated heterocycles. The summed E-state index contributed by atoms with van der Waals surface area (Å²) in [5, 5.41) is 6.98. The molecule has 6 heteroatoms. The monoisotopic (exact) mass is 301 g/mol. The fourth-order valence-corrected chi connectivity index (χ4v) is 3.58. The Morgan fingerprint density at radius 3 is 3.09 bits per heavy atom. The Hall–Kier alpha value is -2.08. The predicted molar refractivity (Wildman–Crippen MR) is 79.3 cm³/mol. The van der Waals surface area contributed by atoms with Crippen molar-refractivity contribution in [1.82, 2.24) is 15.4 Å². The van der Waals surface area contributed by atoms with E-state index < -0.39 is 0 Å². The maximum Gasteiger partial charge on any atom is 0.273 e. The van der Waals surface area contributed by atoms with E-state index in [2.05, 4.69) is 15.4 Å². The molecule has 0 saturated carbocycles. The Balaban J connectivity index is 1.44. The molecule has 0 spiro atoms. The van der Waals surface area contributed by atoms with E-state index in [0.29, 0.717) is 23.3 Å². The highest BCUT2D eigenvalue weighted by molar-refractivity contribution is 5.93. The van der Waals surface area contributed by atoms with Crippen LogP contribution >= 0.6 is 0 Å². The molecule has 0 bridgehead atoms. The summed E-state index contributed by atoms with van der Waals surface area (Å²) < 4.78 is 10.4. The molecule has 116 valence electrons. The van der Waals surface area contributed by atoms with Crippen LogP contribution in [0.25, 0.3) is 11.5 Å². The van der Waals surface area contributed by atoms with Crippen LogP contribution in [-0.4, -0.2) is 41.1 Å². The lowest BCUT2D eigenvalue weighted by atomic mass is 9.99. The zero-order valence-electron chi connectivity index (χ0n) is 12.3. The zero-order valence-corrected chi connectivity index (χ0v) is 12.3. The molecule has 6 nitrogen and oxygen atoms in total. The van der Waals surface area contributed by atoms with Crippen LogP contribution in [-0.2, 0) is 0 Å². The van der Waals surface area contributed by atoms with Gasteiger partial charge in [0.05, 0.1) is 6.26 Å². The lowest BCUT2D eigenvalue weighted by Crippen LogP contribution is -2.46. The van der Waals surface area contributed by atoms with E-state index >= 15 is 0 Å². The second-order valence-corrected chi connectivity index (χ2v) is 6.02. The molecule has 1 amide bonds. The van der Waals surface area contributed by atoms with E-state index in [0.717, 1.165) is 19.5 Å². The SMILES string of the molecule is O=C(N[C@@H]1CCN2CCCC[C@@H]12)c1cc(-c2ccco2)on1. The maximum absolute atomic E-state index is 12.4. The minimum atomic E-state index is -0.168. The van der Waals surface area contributed by atoms with Crippen LogP contribution in [0.5, 0.6) is 0 Å². The number of fused-ring (bicyclic) bond motifs is 1. The van der Waals surface area contributed by atoms with Crippen LogP contribution in [0.15, 0.2) is 33.4 Å². The van der Waals surface area contributed by atoms with Gasteiger partial charge in [-0.15, -0.1) is 0 Å². The molecule has 4 heterocycles. The van der Waals surface area contributed by atoms with Crippen LogP contribution in [0.4, 0.5) is 0 Å². The number of carbonyl (C=O) groups is 1. The average molecular weight is 301 g/mol. The summed E-state index contributed by atoms with van der Waals surface area (Å²) in [6, 6.07) is 5.87. The van der Waals surface area contributed by atoms with Gasteiger partial charge in [0, 0.05) is 24.7 Å². The minimum absolute atomic E-state index is 0.168. The van der Waals surface area contributed by atoms with Crippen molar-refractivity contribution in [1.29, 1.82) is 0 Å². The van der Waals surface area contributed by atoms with Crippen molar-refractivity contribution in [3.63, 3.8) is 0 Å². The van der Waals surface area contributed by atoms with Crippen LogP contribution < -0.4 is 5.32 Å². The van der Waals surface area contributed by atoms with Crippen molar-refractivity contribution >= 4 is 5.91 Å². The lowest BCUT2D eigenvalue weighted by Gasteiger charge is -2.32. The molecule has 0 unspecified atom stereocenters. The average Bonchev–Trinajstić information content (AvgIpc) is 3.28. The van der Waals surface area contributed by atoms with Gasteiger partial charge in [-0.2, -0.15) is 0 Å². The van der Waals surface area contributed by atoms with E-state index in [1.165, 1.54) is 19.3 Å². The number of aromatic nitrogens is 1. The Kier molecular flexibility index (Phi) is 3.46. The van der Waals surface area contributed by atoms with Gasteiger partial charge in [-0.3, -0.25) is 9.69 Å². The fourth-order valence-electron chi connectivity index (χ4n) is 3.58. The van der Waals surface area contributed by atoms with Gasteiger partial charge in [0.15, 0.2) is 11.5 Å². The number of rotatable bonds is 3. The first-order valence-corrected chi connectivity index (χ1v) is 7.87. The van der Waals surface area contributed by atoms with Gasteiger partial charge in [-0.05, 0) is 37.9 Å². The number of furan rings is 1. The second-order valence-electron chi connectivity index (χ2n) is 6.02. The van der Waals surface area contributed by atoms with E-state index in [-0.39, 0.29) is 11.9 Å². The number of hydrogen-bond acceptors (Lipinski definition) is 5. The third-order valence-electron chi connectivity index (χ3n) is 4.68. The van der Waals surface area contributed by atoms with Crippen molar-refractivity contribution in [2.24, 2.45) is 0 Å². The quantitative estimate of drug-likeness (QED) is 0.941. The standard InChI is InChI=1S/C16H19N3O3/c20-16(12-10-15(22-18-12)14-5-3-9-21-14)17-11-6-8-19-7-2-1-4-13(11)19/h3,5,9-11,13H,1-2,4,6-8H2,(H,17,20)/t11-,13+/m1/s1. The van der Waals surface area contributed by atoms with Gasteiger partial charge in [0.25, 0.3) is 5.91 Å². The molecule has 4 rings (SSSR count). The molecule has 22 heavy (non-hydrogen) atoms. The summed E-state index contributed by atoms with van der Waals surface area (Å²) in [5.74, 6) is 0.880. The molecule has 2 atom stereocenters. The number of amides is 1.